The van der Waals surface area contributed by atoms with E-state index in [-0.39, 0.29) is 5.96 Å². The van der Waals surface area contributed by atoms with Gasteiger partial charge in [-0.05, 0) is 33.4 Å². The Bertz CT molecular complexity index is 446. The van der Waals surface area contributed by atoms with Crippen molar-refractivity contribution in [3.8, 4) is 0 Å². The molecule has 0 aromatic heterocycles. The highest BCUT2D eigenvalue weighted by atomic mass is 16.2. The fraction of sp³-hybridized carbons (Fsp3) is 0.800. The molecule has 260 valence electrons. The second-order valence-corrected chi connectivity index (χ2v) is 9.24. The van der Waals surface area contributed by atoms with E-state index in [0.29, 0.717) is 11.6 Å². The minimum Gasteiger partial charge on any atom is -0.394 e. The van der Waals surface area contributed by atoms with Crippen LogP contribution in [0.2, 0.25) is 0 Å². The summed E-state index contributed by atoms with van der Waals surface area (Å²) in [5.74, 6) is 0.421. The lowest BCUT2D eigenvalue weighted by Crippen LogP contribution is -2.21. The number of likely N-dealkylation sites (tertiary alicyclic amines) is 1. The minimum absolute atomic E-state index is 0.130. The van der Waals surface area contributed by atoms with Gasteiger partial charge in [0.2, 0.25) is 5.91 Å². The van der Waals surface area contributed by atoms with E-state index in [1.165, 1.54) is 64.8 Å². The van der Waals surface area contributed by atoms with Gasteiger partial charge in [0.25, 0.3) is 0 Å². The highest BCUT2D eigenvalue weighted by molar-refractivity contribution is 5.77. The van der Waals surface area contributed by atoms with Crippen LogP contribution in [-0.4, -0.2) is 50.2 Å². The molecule has 0 spiro atoms. The molecule has 1 amide bonds. The zero-order valence-corrected chi connectivity index (χ0v) is 32.0. The van der Waals surface area contributed by atoms with E-state index in [0.717, 1.165) is 19.4 Å². The van der Waals surface area contributed by atoms with Crippen LogP contribution >= 0.6 is 0 Å². The summed E-state index contributed by atoms with van der Waals surface area (Å²) < 4.78 is 0. The Labute approximate surface area is 268 Å². The van der Waals surface area contributed by atoms with Crippen molar-refractivity contribution < 1.29 is 4.79 Å². The van der Waals surface area contributed by atoms with E-state index in [1.807, 2.05) is 21.0 Å². The smallest absolute Gasteiger partial charge is 0.222 e. The van der Waals surface area contributed by atoms with Crippen LogP contribution in [0.5, 0.6) is 0 Å². The fourth-order valence-electron chi connectivity index (χ4n) is 1.14. The van der Waals surface area contributed by atoms with Gasteiger partial charge >= 0.3 is 0 Å². The van der Waals surface area contributed by atoms with E-state index in [9.17, 15) is 4.79 Å². The average Bonchev–Trinajstić information content (AvgIpc) is 3.33. The van der Waals surface area contributed by atoms with E-state index in [2.05, 4.69) is 92.7 Å². The molecule has 7 nitrogen and oxygen atoms in total. The topological polar surface area (TPSA) is 121 Å². The summed E-state index contributed by atoms with van der Waals surface area (Å²) in [6.07, 6.45) is 17.0. The molecule has 0 atom stereocenters. The molecule has 0 radical (unpaired) electrons. The molecule has 1 rings (SSSR count). The number of allylic oxidation sites excluding steroid dienone is 1. The van der Waals surface area contributed by atoms with Gasteiger partial charge in [0.05, 0.1) is 0 Å². The largest absolute Gasteiger partial charge is 0.394 e. The molecule has 1 saturated heterocycles. The first kappa shape index (κ1) is 63.1. The number of aliphatic imine (C=N–C) groups is 1. The van der Waals surface area contributed by atoms with Gasteiger partial charge in [0.15, 0.2) is 5.96 Å². The van der Waals surface area contributed by atoms with Crippen LogP contribution in [0.25, 0.3) is 0 Å². The average molecular weight is 605 g/mol. The van der Waals surface area contributed by atoms with E-state index < -0.39 is 0 Å². The first-order valence-electron chi connectivity index (χ1n) is 16.3. The van der Waals surface area contributed by atoms with Crippen molar-refractivity contribution in [2.75, 3.05) is 27.7 Å². The summed E-state index contributed by atoms with van der Waals surface area (Å²) in [6, 6.07) is 0. The number of carbonyl (C=O) groups is 1. The second-order valence-electron chi connectivity index (χ2n) is 9.24. The minimum atomic E-state index is 0.130. The zero-order valence-electron chi connectivity index (χ0n) is 32.0. The number of rotatable bonds is 5. The molecule has 7 heteroatoms. The Balaban J connectivity index is -0.0000000418. The molecular weight excluding hydrogens is 520 g/mol. The molecule has 1 fully saturated rings. The van der Waals surface area contributed by atoms with E-state index in [4.69, 9.17) is 16.9 Å². The lowest BCUT2D eigenvalue weighted by Gasteiger charge is -2.03. The highest BCUT2D eigenvalue weighted by Gasteiger charge is 2.14. The van der Waals surface area contributed by atoms with Crippen LogP contribution < -0.4 is 16.8 Å². The van der Waals surface area contributed by atoms with Crippen molar-refractivity contribution in [2.24, 2.45) is 16.5 Å². The van der Waals surface area contributed by atoms with Crippen LogP contribution in [0.1, 0.15) is 161 Å². The monoisotopic (exact) mass is 605 g/mol. The van der Waals surface area contributed by atoms with Gasteiger partial charge in [-0.1, -0.05) is 140 Å². The number of carbonyl (C=O) groups excluding carboxylic acids is 1. The highest BCUT2D eigenvalue weighted by Crippen LogP contribution is 2.04. The quantitative estimate of drug-likeness (QED) is 0.142. The Morgan fingerprint density at radius 1 is 0.881 bits per heavy atom. The number of nitrogens with zero attached hydrogens (tertiary/aromatic N) is 2. The molecule has 42 heavy (non-hydrogen) atoms. The number of hydrogen-bond acceptors (Lipinski definition) is 4. The van der Waals surface area contributed by atoms with Crippen LogP contribution in [0.3, 0.4) is 0 Å². The summed E-state index contributed by atoms with van der Waals surface area (Å²) >= 11 is 0. The lowest BCUT2D eigenvalue weighted by atomic mass is 10.3. The Hall–Kier alpha value is -2.31. The molecule has 1 aliphatic rings. The maximum atomic E-state index is 10.5. The van der Waals surface area contributed by atoms with Crippen molar-refractivity contribution in [3.63, 3.8) is 0 Å². The van der Waals surface area contributed by atoms with Gasteiger partial charge in [-0.25, -0.2) is 0 Å². The number of nitrogens with one attached hydrogen (secondary N) is 2. The molecular formula is C35H84N6O. The van der Waals surface area contributed by atoms with Crippen LogP contribution in [0.15, 0.2) is 30.4 Å². The standard InChI is InChI=1S/C5H9NO.C5H12.2C4H10.2C3H7N.2C3H8.C3H6.C2H7N3/c1-6-4-2-3-5(6)7;1-3-5-4-2;3*1-3-4-2;1-3(2)4;3*1-3-2;1-5-2(3)4/h2-4H2,1H3;3-5H2,1-2H3;2*3-4H2,1-2H3;3-4H,1H2,2H3;4H,1-2H3;2*3H2,1-2H3;3H,1H2,2H3;1H3,(H4,3,4,5). The summed E-state index contributed by atoms with van der Waals surface area (Å²) in [7, 11) is 5.19. The van der Waals surface area contributed by atoms with Crippen molar-refractivity contribution >= 4 is 17.6 Å². The van der Waals surface area contributed by atoms with Crippen molar-refractivity contribution in [1.29, 1.82) is 5.41 Å². The predicted molar refractivity (Wildman–Crippen MR) is 201 cm³/mol. The Morgan fingerprint density at radius 3 is 1.14 bits per heavy atom. The van der Waals surface area contributed by atoms with Crippen molar-refractivity contribution in [2.45, 2.75) is 161 Å². The summed E-state index contributed by atoms with van der Waals surface area (Å²) in [5, 5.41) is 9.19. The second kappa shape index (κ2) is 83.3. The molecule has 0 aromatic rings. The van der Waals surface area contributed by atoms with E-state index in [1.54, 1.807) is 31.0 Å². The fourth-order valence-corrected chi connectivity index (χ4v) is 1.14. The third-order valence-electron chi connectivity index (χ3n) is 3.48. The maximum Gasteiger partial charge on any atom is 0.222 e. The van der Waals surface area contributed by atoms with Gasteiger partial charge in [-0.15, -0.1) is 6.58 Å². The van der Waals surface area contributed by atoms with Crippen molar-refractivity contribution in [3.05, 3.63) is 25.4 Å². The van der Waals surface area contributed by atoms with Gasteiger partial charge in [0.1, 0.15) is 0 Å². The molecule has 1 aliphatic heterocycles. The molecule has 6 N–H and O–H groups in total. The van der Waals surface area contributed by atoms with Crippen LogP contribution in [0.4, 0.5) is 0 Å². The molecule has 0 aliphatic carbocycles. The zero-order chi connectivity index (χ0) is 35.6. The van der Waals surface area contributed by atoms with Crippen molar-refractivity contribution in [1.82, 2.24) is 10.2 Å². The third-order valence-corrected chi connectivity index (χ3v) is 3.48. The summed E-state index contributed by atoms with van der Waals surface area (Å²) in [4.78, 5) is 15.6. The molecule has 1 heterocycles. The van der Waals surface area contributed by atoms with Crippen LogP contribution in [-0.2, 0) is 4.79 Å². The number of hydrogen-bond donors (Lipinski definition) is 4. The summed E-state index contributed by atoms with van der Waals surface area (Å²) in [5.41, 5.74) is 10.3. The number of nitrogens with two attached hydrogens (primary N) is 2. The van der Waals surface area contributed by atoms with Gasteiger partial charge < -0.3 is 27.1 Å². The van der Waals surface area contributed by atoms with Gasteiger partial charge in [0, 0.05) is 39.8 Å². The number of unbranched alkanes of at least 4 members (excludes halogenated alkanes) is 4. The molecule has 0 unspecified atom stereocenters. The maximum absolute atomic E-state index is 10.5. The number of amides is 1. The van der Waals surface area contributed by atoms with Gasteiger partial charge in [-0.3, -0.25) is 9.79 Å². The predicted octanol–water partition coefficient (Wildman–Crippen LogP) is 10.4. The summed E-state index contributed by atoms with van der Waals surface area (Å²) in [6.45, 7) is 34.7. The van der Waals surface area contributed by atoms with Crippen LogP contribution in [0, 0.1) is 5.41 Å². The first-order chi connectivity index (χ1) is 19.7. The SMILES string of the molecule is C=CC.C=CNC.CC(C)=N.CCC.CCC.CCCC.CCCC.CCCCC.CN1CCCC1=O.CN=C(N)N. The number of guanidine groups is 1. The lowest BCUT2D eigenvalue weighted by molar-refractivity contribution is -0.126. The van der Waals surface area contributed by atoms with Gasteiger partial charge in [-0.2, -0.15) is 0 Å². The van der Waals surface area contributed by atoms with E-state index >= 15 is 0 Å². The Morgan fingerprint density at radius 2 is 1.12 bits per heavy atom. The third kappa shape index (κ3) is 235. The molecule has 0 aromatic carbocycles. The Kier molecular flexibility index (Phi) is 125. The molecule has 0 saturated carbocycles. The first-order valence-corrected chi connectivity index (χ1v) is 16.3. The normalized spacial score (nSPS) is 9.05. The molecule has 0 bridgehead atoms.